The highest BCUT2D eigenvalue weighted by molar-refractivity contribution is 7.81. The molecule has 24 heavy (non-hydrogen) atoms. The third-order valence-electron chi connectivity index (χ3n) is 4.24. The molecule has 0 saturated carbocycles. The molecule has 2 fully saturated rings. The number of hydrogen-bond acceptors (Lipinski definition) is 6. The molecule has 8 heteroatoms. The third kappa shape index (κ3) is 3.92. The summed E-state index contributed by atoms with van der Waals surface area (Å²) in [6.07, 6.45) is 3.99. The van der Waals surface area contributed by atoms with Crippen molar-refractivity contribution in [2.45, 2.75) is 25.7 Å². The maximum absolute atomic E-state index is 12.4. The van der Waals surface area contributed by atoms with Crippen molar-refractivity contribution in [3.63, 3.8) is 0 Å². The van der Waals surface area contributed by atoms with Crippen LogP contribution in [0.2, 0.25) is 0 Å². The van der Waals surface area contributed by atoms with E-state index in [9.17, 15) is 9.59 Å². The summed E-state index contributed by atoms with van der Waals surface area (Å²) >= 11 is 11.0. The van der Waals surface area contributed by atoms with E-state index in [-0.39, 0.29) is 11.1 Å². The van der Waals surface area contributed by atoms with Gasteiger partial charge in [0.15, 0.2) is 0 Å². The summed E-state index contributed by atoms with van der Waals surface area (Å²) in [6.45, 7) is 3.02. The molecule has 0 aromatic heterocycles. The Bertz CT molecular complexity index is 527. The van der Waals surface area contributed by atoms with Crippen molar-refractivity contribution in [2.75, 3.05) is 40.4 Å². The highest BCUT2D eigenvalue weighted by atomic mass is 32.1. The largest absolute Gasteiger partial charge is 0.465 e. The fraction of sp³-hybridized carbons (Fsp3) is 0.625. The Kier molecular flexibility index (Phi) is 6.68. The van der Waals surface area contributed by atoms with E-state index in [2.05, 4.69) is 0 Å². The number of nitrogens with zero attached hydrogens (tertiary/aromatic N) is 2. The molecule has 6 nitrogen and oxygen atoms in total. The first-order chi connectivity index (χ1) is 11.5. The molecule has 0 spiro atoms. The fourth-order valence-electron chi connectivity index (χ4n) is 2.95. The summed E-state index contributed by atoms with van der Waals surface area (Å²) in [5.41, 5.74) is 0.0799. The number of carbonyl (C=O) groups is 2. The molecule has 0 aliphatic carbocycles. The number of likely N-dealkylation sites (tertiary alicyclic amines) is 2. The molecule has 0 aromatic rings. The average Bonchev–Trinajstić information content (AvgIpc) is 3.30. The smallest absolute Gasteiger partial charge is 0.341 e. The fourth-order valence-corrected chi connectivity index (χ4v) is 3.69. The molecule has 2 heterocycles. The average molecular weight is 370 g/mol. The van der Waals surface area contributed by atoms with Gasteiger partial charge in [0.1, 0.15) is 21.1 Å². The van der Waals surface area contributed by atoms with Gasteiger partial charge in [-0.1, -0.05) is 24.4 Å². The molecular weight excluding hydrogens is 348 g/mol. The predicted molar refractivity (Wildman–Crippen MR) is 97.9 cm³/mol. The Morgan fingerprint density at radius 3 is 1.25 bits per heavy atom. The third-order valence-corrected chi connectivity index (χ3v) is 5.17. The number of esters is 2. The Hall–Kier alpha value is -1.54. The van der Waals surface area contributed by atoms with E-state index in [4.69, 9.17) is 33.9 Å². The molecule has 0 bridgehead atoms. The van der Waals surface area contributed by atoms with E-state index in [0.29, 0.717) is 9.98 Å². The lowest BCUT2D eigenvalue weighted by atomic mass is 10.1. The van der Waals surface area contributed by atoms with Gasteiger partial charge >= 0.3 is 11.9 Å². The van der Waals surface area contributed by atoms with Crippen LogP contribution in [0.3, 0.4) is 0 Å². The first-order valence-corrected chi connectivity index (χ1v) is 8.82. The van der Waals surface area contributed by atoms with Crippen LogP contribution >= 0.6 is 24.4 Å². The van der Waals surface area contributed by atoms with Crippen molar-refractivity contribution in [1.29, 1.82) is 0 Å². The standard InChI is InChI=1S/C16H22N2O4S2/c1-21-15(19)11(13(23)17-7-3-4-8-17)12(16(20)22-2)14(24)18-9-5-6-10-18/h3-10H2,1-2H3/b12-11+. The van der Waals surface area contributed by atoms with Gasteiger partial charge in [-0.05, 0) is 25.7 Å². The van der Waals surface area contributed by atoms with E-state index in [1.165, 1.54) is 14.2 Å². The Balaban J connectivity index is 2.49. The number of hydrogen-bond donors (Lipinski definition) is 0. The minimum Gasteiger partial charge on any atom is -0.465 e. The van der Waals surface area contributed by atoms with E-state index in [1.54, 1.807) is 0 Å². The molecule has 132 valence electrons. The molecule has 0 unspecified atom stereocenters. The van der Waals surface area contributed by atoms with E-state index in [0.717, 1.165) is 51.9 Å². The second-order valence-electron chi connectivity index (χ2n) is 5.73. The SMILES string of the molecule is COC(=O)/C(C(=S)N1CCCC1)=C(/C(=O)OC)C(=S)N1CCCC1. The minimum absolute atomic E-state index is 0.0400. The molecule has 0 aromatic carbocycles. The van der Waals surface area contributed by atoms with Crippen LogP contribution in [-0.2, 0) is 19.1 Å². The molecule has 2 aliphatic rings. The predicted octanol–water partition coefficient (Wildman–Crippen LogP) is 1.48. The normalized spacial score (nSPS) is 18.2. The van der Waals surface area contributed by atoms with Gasteiger partial charge in [-0.3, -0.25) is 0 Å². The number of rotatable bonds is 4. The van der Waals surface area contributed by atoms with Crippen LogP contribution in [0.4, 0.5) is 0 Å². The van der Waals surface area contributed by atoms with E-state index >= 15 is 0 Å². The Morgan fingerprint density at radius 1 is 0.708 bits per heavy atom. The van der Waals surface area contributed by atoms with Gasteiger partial charge in [-0.15, -0.1) is 0 Å². The van der Waals surface area contributed by atoms with Gasteiger partial charge in [-0.2, -0.15) is 0 Å². The second kappa shape index (κ2) is 8.53. The van der Waals surface area contributed by atoms with Gasteiger partial charge in [0.05, 0.1) is 14.2 Å². The zero-order valence-electron chi connectivity index (χ0n) is 14.0. The topological polar surface area (TPSA) is 59.1 Å². The van der Waals surface area contributed by atoms with E-state index in [1.807, 2.05) is 9.80 Å². The minimum atomic E-state index is -0.658. The van der Waals surface area contributed by atoms with Crippen LogP contribution in [0.25, 0.3) is 0 Å². The van der Waals surface area contributed by atoms with Crippen molar-refractivity contribution >= 4 is 46.4 Å². The van der Waals surface area contributed by atoms with Crippen molar-refractivity contribution in [3.05, 3.63) is 11.1 Å². The van der Waals surface area contributed by atoms with E-state index < -0.39 is 11.9 Å². The molecule has 0 amide bonds. The van der Waals surface area contributed by atoms with Gasteiger partial charge in [0, 0.05) is 26.2 Å². The molecule has 2 rings (SSSR count). The summed E-state index contributed by atoms with van der Waals surface area (Å²) in [5, 5.41) is 0. The highest BCUT2D eigenvalue weighted by Crippen LogP contribution is 2.22. The Labute approximate surface area is 152 Å². The first-order valence-electron chi connectivity index (χ1n) is 8.00. The quantitative estimate of drug-likeness (QED) is 0.419. The van der Waals surface area contributed by atoms with Crippen LogP contribution in [0.15, 0.2) is 11.1 Å². The molecule has 0 radical (unpaired) electrons. The molecule has 2 saturated heterocycles. The lowest BCUT2D eigenvalue weighted by Gasteiger charge is -2.25. The van der Waals surface area contributed by atoms with Crippen LogP contribution in [0.5, 0.6) is 0 Å². The number of carbonyl (C=O) groups excluding carboxylic acids is 2. The lowest BCUT2D eigenvalue weighted by molar-refractivity contribution is -0.138. The maximum Gasteiger partial charge on any atom is 0.341 e. The summed E-state index contributed by atoms with van der Waals surface area (Å²) in [6, 6.07) is 0. The Morgan fingerprint density at radius 2 is 1.00 bits per heavy atom. The van der Waals surface area contributed by atoms with Crippen molar-refractivity contribution in [2.24, 2.45) is 0 Å². The van der Waals surface area contributed by atoms with Gasteiger partial charge in [0.25, 0.3) is 0 Å². The van der Waals surface area contributed by atoms with Crippen LogP contribution in [0.1, 0.15) is 25.7 Å². The molecule has 0 N–H and O–H groups in total. The number of thiocarbonyl (C=S) groups is 2. The van der Waals surface area contributed by atoms with Crippen LogP contribution in [-0.4, -0.2) is 72.1 Å². The van der Waals surface area contributed by atoms with Crippen molar-refractivity contribution in [3.8, 4) is 0 Å². The first kappa shape index (κ1) is 18.8. The van der Waals surface area contributed by atoms with Crippen molar-refractivity contribution < 1.29 is 19.1 Å². The lowest BCUT2D eigenvalue weighted by Crippen LogP contribution is -2.38. The second-order valence-corrected chi connectivity index (χ2v) is 6.51. The zero-order valence-corrected chi connectivity index (χ0v) is 15.6. The molecule has 0 atom stereocenters. The summed E-state index contributed by atoms with van der Waals surface area (Å²) < 4.78 is 9.77. The monoisotopic (exact) mass is 370 g/mol. The van der Waals surface area contributed by atoms with Gasteiger partial charge in [-0.25, -0.2) is 9.59 Å². The number of methoxy groups -OCH3 is 2. The van der Waals surface area contributed by atoms with Gasteiger partial charge < -0.3 is 19.3 Å². The highest BCUT2D eigenvalue weighted by Gasteiger charge is 2.34. The maximum atomic E-state index is 12.4. The summed E-state index contributed by atoms with van der Waals surface area (Å²) in [4.78, 5) is 29.3. The van der Waals surface area contributed by atoms with Crippen LogP contribution < -0.4 is 0 Å². The summed E-state index contributed by atoms with van der Waals surface area (Å²) in [7, 11) is 2.53. The van der Waals surface area contributed by atoms with Crippen LogP contribution in [0, 0.1) is 0 Å². The number of ether oxygens (including phenoxy) is 2. The van der Waals surface area contributed by atoms with Gasteiger partial charge in [0.2, 0.25) is 0 Å². The van der Waals surface area contributed by atoms with Crippen molar-refractivity contribution in [1.82, 2.24) is 9.80 Å². The molecular formula is C16H22N2O4S2. The molecule has 2 aliphatic heterocycles. The zero-order chi connectivity index (χ0) is 17.7. The summed E-state index contributed by atoms with van der Waals surface area (Å²) in [5.74, 6) is -1.32.